The molecule has 1 rings (SSSR count). The predicted octanol–water partition coefficient (Wildman–Crippen LogP) is 0.883. The van der Waals surface area contributed by atoms with E-state index in [9.17, 15) is 4.79 Å². The molecule has 0 aliphatic carbocycles. The highest BCUT2D eigenvalue weighted by atomic mass is 32.2. The maximum atomic E-state index is 11.9. The van der Waals surface area contributed by atoms with Crippen LogP contribution < -0.4 is 5.32 Å². The van der Waals surface area contributed by atoms with Crippen molar-refractivity contribution in [1.29, 1.82) is 0 Å². The van der Waals surface area contributed by atoms with Gasteiger partial charge in [0, 0.05) is 26.2 Å². The quantitative estimate of drug-likeness (QED) is 0.666. The van der Waals surface area contributed by atoms with E-state index < -0.39 is 0 Å². The number of rotatable bonds is 8. The van der Waals surface area contributed by atoms with Crippen LogP contribution in [0.4, 0.5) is 0 Å². The van der Waals surface area contributed by atoms with Gasteiger partial charge in [0.25, 0.3) is 0 Å². The number of nitrogens with one attached hydrogen (secondary N) is 1. The molecule has 4 nitrogen and oxygen atoms in total. The molecule has 5 heteroatoms. The minimum atomic E-state index is 0.257. The summed E-state index contributed by atoms with van der Waals surface area (Å²) < 4.78 is 0. The second-order valence-electron chi connectivity index (χ2n) is 4.91. The van der Waals surface area contributed by atoms with Crippen molar-refractivity contribution in [2.24, 2.45) is 0 Å². The van der Waals surface area contributed by atoms with Gasteiger partial charge in [-0.3, -0.25) is 4.79 Å². The van der Waals surface area contributed by atoms with Crippen LogP contribution in [0.5, 0.6) is 0 Å². The maximum absolute atomic E-state index is 11.9. The maximum Gasteiger partial charge on any atom is 0.236 e. The highest BCUT2D eigenvalue weighted by Gasteiger charge is 2.17. The molecule has 1 aliphatic heterocycles. The van der Waals surface area contributed by atoms with E-state index in [1.165, 1.54) is 25.0 Å². The fraction of sp³-hybridized carbons (Fsp3) is 0.923. The predicted molar refractivity (Wildman–Crippen MR) is 79.2 cm³/mol. The molecule has 1 N–H and O–H groups in total. The van der Waals surface area contributed by atoms with Crippen molar-refractivity contribution in [3.05, 3.63) is 0 Å². The minimum Gasteiger partial charge on any atom is -0.339 e. The minimum absolute atomic E-state index is 0.257. The number of carbonyl (C=O) groups excluding carboxylic acids is 1. The average Bonchev–Trinajstić information content (AvgIpc) is 2.38. The first kappa shape index (κ1) is 15.8. The van der Waals surface area contributed by atoms with E-state index in [0.29, 0.717) is 6.54 Å². The fourth-order valence-electron chi connectivity index (χ4n) is 2.04. The SMILES string of the molecule is CSCCCCCNCC(=O)N1CCN(C)CC1. The first-order valence-electron chi connectivity index (χ1n) is 6.90. The number of likely N-dealkylation sites (N-methyl/N-ethyl adjacent to an activating group) is 1. The number of piperazine rings is 1. The molecule has 0 aromatic heterocycles. The summed E-state index contributed by atoms with van der Waals surface area (Å²) in [6, 6.07) is 0. The highest BCUT2D eigenvalue weighted by Crippen LogP contribution is 2.01. The summed E-state index contributed by atoms with van der Waals surface area (Å²) in [5.74, 6) is 1.51. The van der Waals surface area contributed by atoms with Gasteiger partial charge in [-0.05, 0) is 38.4 Å². The molecule has 0 atom stereocenters. The van der Waals surface area contributed by atoms with Crippen molar-refractivity contribution >= 4 is 17.7 Å². The Labute approximate surface area is 115 Å². The van der Waals surface area contributed by atoms with Gasteiger partial charge in [-0.1, -0.05) is 6.42 Å². The Hall–Kier alpha value is -0.260. The summed E-state index contributed by atoms with van der Waals surface area (Å²) in [7, 11) is 2.11. The van der Waals surface area contributed by atoms with Crippen LogP contribution in [0.1, 0.15) is 19.3 Å². The third-order valence-electron chi connectivity index (χ3n) is 3.33. The first-order chi connectivity index (χ1) is 8.74. The van der Waals surface area contributed by atoms with E-state index in [2.05, 4.69) is 23.5 Å². The Balaban J connectivity index is 1.96. The van der Waals surface area contributed by atoms with E-state index in [1.54, 1.807) is 0 Å². The van der Waals surface area contributed by atoms with Gasteiger partial charge in [0.05, 0.1) is 6.54 Å². The number of amides is 1. The topological polar surface area (TPSA) is 35.6 Å². The van der Waals surface area contributed by atoms with Gasteiger partial charge in [0.15, 0.2) is 0 Å². The highest BCUT2D eigenvalue weighted by molar-refractivity contribution is 7.98. The van der Waals surface area contributed by atoms with Gasteiger partial charge in [0.2, 0.25) is 5.91 Å². The normalized spacial score (nSPS) is 17.1. The molecule has 0 bridgehead atoms. The Kier molecular flexibility index (Phi) is 8.46. The summed E-state index contributed by atoms with van der Waals surface area (Å²) in [4.78, 5) is 16.1. The molecule has 1 amide bonds. The van der Waals surface area contributed by atoms with Crippen molar-refractivity contribution in [3.8, 4) is 0 Å². The summed E-state index contributed by atoms with van der Waals surface area (Å²) >= 11 is 1.90. The monoisotopic (exact) mass is 273 g/mol. The molecular formula is C13H27N3OS. The van der Waals surface area contributed by atoms with Gasteiger partial charge < -0.3 is 15.1 Å². The lowest BCUT2D eigenvalue weighted by Crippen LogP contribution is -2.49. The Bertz CT molecular complexity index is 230. The summed E-state index contributed by atoms with van der Waals surface area (Å²) in [6.07, 6.45) is 5.87. The summed E-state index contributed by atoms with van der Waals surface area (Å²) in [5, 5.41) is 3.26. The molecule has 1 fully saturated rings. The van der Waals surface area contributed by atoms with Crippen LogP contribution in [0.15, 0.2) is 0 Å². The van der Waals surface area contributed by atoms with Crippen LogP contribution in [0.2, 0.25) is 0 Å². The zero-order valence-corrected chi connectivity index (χ0v) is 12.6. The van der Waals surface area contributed by atoms with Gasteiger partial charge in [0.1, 0.15) is 0 Å². The van der Waals surface area contributed by atoms with Crippen LogP contribution >= 0.6 is 11.8 Å². The molecule has 1 aliphatic rings. The third-order valence-corrected chi connectivity index (χ3v) is 4.03. The van der Waals surface area contributed by atoms with Gasteiger partial charge in [-0.15, -0.1) is 0 Å². The van der Waals surface area contributed by atoms with E-state index >= 15 is 0 Å². The number of thioether (sulfide) groups is 1. The Morgan fingerprint density at radius 3 is 2.56 bits per heavy atom. The third kappa shape index (κ3) is 6.61. The number of unbranched alkanes of at least 4 members (excludes halogenated alkanes) is 2. The van der Waals surface area contributed by atoms with Crippen molar-refractivity contribution < 1.29 is 4.79 Å². The zero-order chi connectivity index (χ0) is 13.2. The molecule has 1 saturated heterocycles. The second kappa shape index (κ2) is 9.64. The average molecular weight is 273 g/mol. The molecule has 1 heterocycles. The van der Waals surface area contributed by atoms with Gasteiger partial charge >= 0.3 is 0 Å². The summed E-state index contributed by atoms with van der Waals surface area (Å²) in [6.45, 7) is 5.23. The Morgan fingerprint density at radius 2 is 1.89 bits per heavy atom. The van der Waals surface area contributed by atoms with E-state index in [4.69, 9.17) is 0 Å². The molecule has 18 heavy (non-hydrogen) atoms. The first-order valence-corrected chi connectivity index (χ1v) is 8.29. The largest absolute Gasteiger partial charge is 0.339 e. The molecule has 0 spiro atoms. The second-order valence-corrected chi connectivity index (χ2v) is 5.90. The van der Waals surface area contributed by atoms with Crippen molar-refractivity contribution in [3.63, 3.8) is 0 Å². The molecule has 0 aromatic carbocycles. The molecule has 106 valence electrons. The van der Waals surface area contributed by atoms with Crippen LogP contribution in [-0.2, 0) is 4.79 Å². The molecule has 0 radical (unpaired) electrons. The fourth-order valence-corrected chi connectivity index (χ4v) is 2.53. The van der Waals surface area contributed by atoms with Crippen molar-refractivity contribution in [2.45, 2.75) is 19.3 Å². The van der Waals surface area contributed by atoms with Crippen molar-refractivity contribution in [1.82, 2.24) is 15.1 Å². The van der Waals surface area contributed by atoms with E-state index in [1.807, 2.05) is 16.7 Å². The lowest BCUT2D eigenvalue weighted by atomic mass is 10.2. The number of hydrogen-bond acceptors (Lipinski definition) is 4. The van der Waals surface area contributed by atoms with Crippen LogP contribution in [-0.4, -0.2) is 74.0 Å². The number of carbonyl (C=O) groups is 1. The molecular weight excluding hydrogens is 246 g/mol. The molecule has 0 saturated carbocycles. The van der Waals surface area contributed by atoms with Gasteiger partial charge in [-0.2, -0.15) is 11.8 Å². The standard InChI is InChI=1S/C13H27N3OS/c1-15-7-9-16(10-8-15)13(17)12-14-6-4-3-5-11-18-2/h14H,3-12H2,1-2H3. The Morgan fingerprint density at radius 1 is 1.17 bits per heavy atom. The summed E-state index contributed by atoms with van der Waals surface area (Å²) in [5.41, 5.74) is 0. The van der Waals surface area contributed by atoms with Crippen LogP contribution in [0.3, 0.4) is 0 Å². The van der Waals surface area contributed by atoms with E-state index in [-0.39, 0.29) is 5.91 Å². The number of hydrogen-bond donors (Lipinski definition) is 1. The lowest BCUT2D eigenvalue weighted by molar-refractivity contribution is -0.131. The number of nitrogens with zero attached hydrogens (tertiary/aromatic N) is 2. The molecule has 0 aromatic rings. The lowest BCUT2D eigenvalue weighted by Gasteiger charge is -2.32. The van der Waals surface area contributed by atoms with Gasteiger partial charge in [-0.25, -0.2) is 0 Å². The van der Waals surface area contributed by atoms with Crippen LogP contribution in [0, 0.1) is 0 Å². The smallest absolute Gasteiger partial charge is 0.236 e. The van der Waals surface area contributed by atoms with Crippen LogP contribution in [0.25, 0.3) is 0 Å². The van der Waals surface area contributed by atoms with E-state index in [0.717, 1.165) is 32.7 Å². The molecule has 0 unspecified atom stereocenters. The zero-order valence-electron chi connectivity index (χ0n) is 11.8. The van der Waals surface area contributed by atoms with Crippen molar-refractivity contribution in [2.75, 3.05) is 58.3 Å².